The molecular formula is C23H47BrO. The molecule has 2 unspecified atom stereocenters. The van der Waals surface area contributed by atoms with Crippen molar-refractivity contribution in [2.24, 2.45) is 17.8 Å². The van der Waals surface area contributed by atoms with Crippen LogP contribution in [0.1, 0.15) is 112 Å². The largest absolute Gasteiger partial charge is 0.378 e. The second kappa shape index (κ2) is 17.8. The Kier molecular flexibility index (Phi) is 18.1. The monoisotopic (exact) mass is 418 g/mol. The predicted octanol–water partition coefficient (Wildman–Crippen LogP) is 8.40. The fraction of sp³-hybridized carbons (Fsp3) is 1.00. The lowest BCUT2D eigenvalue weighted by Gasteiger charge is -2.20. The van der Waals surface area contributed by atoms with Crippen molar-refractivity contribution in [1.29, 1.82) is 0 Å². The average Bonchev–Trinajstić information content (AvgIpc) is 2.54. The number of hydrogen-bond acceptors (Lipinski definition) is 1. The Morgan fingerprint density at radius 2 is 1.24 bits per heavy atom. The molecule has 0 saturated heterocycles. The van der Waals surface area contributed by atoms with Crippen LogP contribution in [0.15, 0.2) is 0 Å². The van der Waals surface area contributed by atoms with Gasteiger partial charge in [-0.25, -0.2) is 0 Å². The third-order valence-electron chi connectivity index (χ3n) is 5.15. The van der Waals surface area contributed by atoms with E-state index in [4.69, 9.17) is 4.74 Å². The molecule has 0 heterocycles. The van der Waals surface area contributed by atoms with Crippen LogP contribution in [0.3, 0.4) is 0 Å². The van der Waals surface area contributed by atoms with Crippen LogP contribution in [0.5, 0.6) is 0 Å². The summed E-state index contributed by atoms with van der Waals surface area (Å²) < 4.78 is 6.27. The summed E-state index contributed by atoms with van der Waals surface area (Å²) >= 11 is 3.51. The van der Waals surface area contributed by atoms with Gasteiger partial charge in [-0.1, -0.05) is 95.5 Å². The van der Waals surface area contributed by atoms with Crippen LogP contribution in [-0.4, -0.2) is 18.0 Å². The maximum atomic E-state index is 6.27. The maximum absolute atomic E-state index is 6.27. The van der Waals surface area contributed by atoms with E-state index in [2.05, 4.69) is 50.5 Å². The van der Waals surface area contributed by atoms with Gasteiger partial charge >= 0.3 is 0 Å². The van der Waals surface area contributed by atoms with E-state index in [1.54, 1.807) is 0 Å². The van der Waals surface area contributed by atoms with Crippen molar-refractivity contribution in [3.8, 4) is 0 Å². The molecule has 0 aliphatic carbocycles. The molecule has 0 aliphatic heterocycles. The zero-order valence-electron chi connectivity index (χ0n) is 18.0. The summed E-state index contributed by atoms with van der Waals surface area (Å²) in [5, 5.41) is 1.12. The topological polar surface area (TPSA) is 9.23 Å². The number of rotatable bonds is 18. The van der Waals surface area contributed by atoms with Gasteiger partial charge < -0.3 is 4.74 Å². The van der Waals surface area contributed by atoms with Gasteiger partial charge in [-0.3, -0.25) is 0 Å². The minimum Gasteiger partial charge on any atom is -0.378 e. The highest BCUT2D eigenvalue weighted by Gasteiger charge is 2.12. The molecule has 0 aromatic heterocycles. The Labute approximate surface area is 168 Å². The van der Waals surface area contributed by atoms with Crippen LogP contribution in [-0.2, 0) is 4.74 Å². The summed E-state index contributed by atoms with van der Waals surface area (Å²) in [6.07, 6.45) is 16.4. The average molecular weight is 420 g/mol. The van der Waals surface area contributed by atoms with Crippen LogP contribution in [0.2, 0.25) is 0 Å². The zero-order chi connectivity index (χ0) is 18.9. The van der Waals surface area contributed by atoms with Crippen molar-refractivity contribution in [3.05, 3.63) is 0 Å². The molecule has 0 rings (SSSR count). The number of ether oxygens (including phenoxy) is 1. The van der Waals surface area contributed by atoms with Crippen LogP contribution < -0.4 is 0 Å². The normalized spacial score (nSPS) is 14.4. The summed E-state index contributed by atoms with van der Waals surface area (Å²) in [5.74, 6) is 2.54. The minimum absolute atomic E-state index is 0.503. The predicted molar refractivity (Wildman–Crippen MR) is 118 cm³/mol. The molecular weight excluding hydrogens is 372 g/mol. The molecule has 25 heavy (non-hydrogen) atoms. The summed E-state index contributed by atoms with van der Waals surface area (Å²) in [6.45, 7) is 12.7. The Hall–Kier alpha value is 0.440. The smallest absolute Gasteiger partial charge is 0.0575 e. The molecule has 152 valence electrons. The van der Waals surface area contributed by atoms with E-state index in [-0.39, 0.29) is 0 Å². The number of alkyl halides is 1. The van der Waals surface area contributed by atoms with Gasteiger partial charge in [0.15, 0.2) is 0 Å². The number of hydrogen-bond donors (Lipinski definition) is 0. The summed E-state index contributed by atoms with van der Waals surface area (Å²) in [7, 11) is 0. The number of halogens is 1. The van der Waals surface area contributed by atoms with Crippen molar-refractivity contribution in [1.82, 2.24) is 0 Å². The van der Waals surface area contributed by atoms with Crippen molar-refractivity contribution in [2.45, 2.75) is 118 Å². The first-order chi connectivity index (χ1) is 12.0. The summed E-state index contributed by atoms with van der Waals surface area (Å²) in [5.41, 5.74) is 0. The van der Waals surface area contributed by atoms with Crippen LogP contribution in [0.4, 0.5) is 0 Å². The highest BCUT2D eigenvalue weighted by molar-refractivity contribution is 9.09. The zero-order valence-corrected chi connectivity index (χ0v) is 19.6. The SMILES string of the molecule is CC(C)CCCCC(CCC(C)CCCC(C)C)OCCCCCBr. The van der Waals surface area contributed by atoms with E-state index >= 15 is 0 Å². The molecule has 1 nitrogen and oxygen atoms in total. The standard InChI is InChI=1S/C23H47BrO/c1-20(2)12-7-8-15-23(25-19-10-6-9-18-24)17-16-22(5)14-11-13-21(3)4/h20-23H,6-19H2,1-5H3. The van der Waals surface area contributed by atoms with Gasteiger partial charge in [-0.2, -0.15) is 0 Å². The van der Waals surface area contributed by atoms with E-state index in [9.17, 15) is 0 Å². The molecule has 0 N–H and O–H groups in total. The third kappa shape index (κ3) is 19.0. The van der Waals surface area contributed by atoms with E-state index in [0.717, 1.165) is 29.7 Å². The fourth-order valence-electron chi connectivity index (χ4n) is 3.35. The molecule has 0 aromatic carbocycles. The van der Waals surface area contributed by atoms with Crippen molar-refractivity contribution < 1.29 is 4.74 Å². The molecule has 2 atom stereocenters. The minimum atomic E-state index is 0.503. The molecule has 0 amide bonds. The van der Waals surface area contributed by atoms with Crippen molar-refractivity contribution in [2.75, 3.05) is 11.9 Å². The molecule has 0 spiro atoms. The fourth-order valence-corrected chi connectivity index (χ4v) is 3.74. The maximum Gasteiger partial charge on any atom is 0.0575 e. The van der Waals surface area contributed by atoms with E-state index in [0.29, 0.717) is 6.10 Å². The Bertz CT molecular complexity index is 265. The Morgan fingerprint density at radius 3 is 1.88 bits per heavy atom. The second-order valence-electron chi connectivity index (χ2n) is 8.93. The van der Waals surface area contributed by atoms with Crippen LogP contribution in [0.25, 0.3) is 0 Å². The van der Waals surface area contributed by atoms with Gasteiger partial charge in [0, 0.05) is 11.9 Å². The first-order valence-electron chi connectivity index (χ1n) is 11.1. The molecule has 0 radical (unpaired) electrons. The quantitative estimate of drug-likeness (QED) is 0.160. The van der Waals surface area contributed by atoms with Crippen molar-refractivity contribution in [3.63, 3.8) is 0 Å². The van der Waals surface area contributed by atoms with Crippen LogP contribution >= 0.6 is 15.9 Å². The van der Waals surface area contributed by atoms with E-state index in [1.165, 1.54) is 77.0 Å². The molecule has 0 aromatic rings. The van der Waals surface area contributed by atoms with E-state index < -0.39 is 0 Å². The first kappa shape index (κ1) is 25.4. The summed E-state index contributed by atoms with van der Waals surface area (Å²) in [4.78, 5) is 0. The van der Waals surface area contributed by atoms with Gasteiger partial charge in [-0.05, 0) is 49.9 Å². The third-order valence-corrected chi connectivity index (χ3v) is 5.71. The van der Waals surface area contributed by atoms with Gasteiger partial charge in [0.25, 0.3) is 0 Å². The van der Waals surface area contributed by atoms with Gasteiger partial charge in [0.2, 0.25) is 0 Å². The first-order valence-corrected chi connectivity index (χ1v) is 12.2. The highest BCUT2D eigenvalue weighted by Crippen LogP contribution is 2.21. The lowest BCUT2D eigenvalue weighted by molar-refractivity contribution is 0.0334. The molecule has 0 saturated carbocycles. The Balaban J connectivity index is 4.00. The summed E-state index contributed by atoms with van der Waals surface area (Å²) in [6, 6.07) is 0. The van der Waals surface area contributed by atoms with E-state index in [1.807, 2.05) is 0 Å². The second-order valence-corrected chi connectivity index (χ2v) is 9.72. The Morgan fingerprint density at radius 1 is 0.600 bits per heavy atom. The lowest BCUT2D eigenvalue weighted by atomic mass is 9.93. The molecule has 0 fully saturated rings. The molecule has 2 heteroatoms. The highest BCUT2D eigenvalue weighted by atomic mass is 79.9. The van der Waals surface area contributed by atoms with Gasteiger partial charge in [0.05, 0.1) is 6.10 Å². The van der Waals surface area contributed by atoms with Crippen molar-refractivity contribution >= 4 is 15.9 Å². The van der Waals surface area contributed by atoms with Gasteiger partial charge in [-0.15, -0.1) is 0 Å². The molecule has 0 bridgehead atoms. The number of unbranched alkanes of at least 4 members (excludes halogenated alkanes) is 3. The lowest BCUT2D eigenvalue weighted by Crippen LogP contribution is -2.15. The van der Waals surface area contributed by atoms with Gasteiger partial charge in [0.1, 0.15) is 0 Å². The van der Waals surface area contributed by atoms with Crippen LogP contribution in [0, 0.1) is 17.8 Å². The molecule has 0 aliphatic rings.